The summed E-state index contributed by atoms with van der Waals surface area (Å²) in [6, 6.07) is 0. The van der Waals surface area contributed by atoms with Crippen molar-refractivity contribution in [3.8, 4) is 0 Å². The summed E-state index contributed by atoms with van der Waals surface area (Å²) in [5.74, 6) is -1.99. The maximum absolute atomic E-state index is 12.8. The number of carboxylic acid groups (broad SMARTS) is 1. The Morgan fingerprint density at radius 2 is 0.662 bits per heavy atom. The number of carboxylic acids is 1. The summed E-state index contributed by atoms with van der Waals surface area (Å²) < 4.78 is 22.7. The van der Waals surface area contributed by atoms with E-state index in [1.54, 1.807) is 0 Å². The molecule has 0 spiro atoms. The molecule has 2 atom stereocenters. The summed E-state index contributed by atoms with van der Waals surface area (Å²) in [5.41, 5.74) is 0. The number of likely N-dealkylation sites (N-methyl/N-ethyl adjacent to an activating group) is 1. The lowest BCUT2D eigenvalue weighted by Crippen LogP contribution is -2.40. The Morgan fingerprint density at radius 3 is 0.941 bits per heavy atom. The number of quaternary nitrogens is 1. The van der Waals surface area contributed by atoms with Crippen LogP contribution in [0, 0.1) is 0 Å². The number of ether oxygens (including phenoxy) is 4. The first-order valence-electron chi connectivity index (χ1n) is 29.7. The molecule has 0 aliphatic heterocycles. The Balaban J connectivity index is 3.77. The maximum Gasteiger partial charge on any atom is 0.361 e. The summed E-state index contributed by atoms with van der Waals surface area (Å²) in [4.78, 5) is 37.0. The Labute approximate surface area is 422 Å². The van der Waals surface area contributed by atoms with Crippen molar-refractivity contribution in [1.29, 1.82) is 0 Å². The van der Waals surface area contributed by atoms with Crippen LogP contribution in [0.2, 0.25) is 0 Å². The van der Waals surface area contributed by atoms with Crippen LogP contribution in [0.3, 0.4) is 0 Å². The van der Waals surface area contributed by atoms with Gasteiger partial charge in [0.2, 0.25) is 0 Å². The molecular formula is C59H116NO8+. The van der Waals surface area contributed by atoms with Crippen LogP contribution >= 0.6 is 0 Å². The van der Waals surface area contributed by atoms with E-state index in [1.165, 1.54) is 238 Å². The largest absolute Gasteiger partial charge is 0.477 e. The molecule has 0 aromatic carbocycles. The number of rotatable bonds is 56. The lowest BCUT2D eigenvalue weighted by molar-refractivity contribution is -0.870. The predicted molar refractivity (Wildman–Crippen MR) is 286 cm³/mol. The fourth-order valence-electron chi connectivity index (χ4n) is 9.02. The van der Waals surface area contributed by atoms with Gasteiger partial charge in [0.15, 0.2) is 6.10 Å². The fraction of sp³-hybridized carbons (Fsp3) is 0.949. The van der Waals surface area contributed by atoms with Gasteiger partial charge in [0, 0.05) is 12.8 Å². The molecule has 0 fully saturated rings. The smallest absolute Gasteiger partial charge is 0.361 e. The second-order valence-electron chi connectivity index (χ2n) is 21.7. The van der Waals surface area contributed by atoms with Crippen molar-refractivity contribution in [3.63, 3.8) is 0 Å². The van der Waals surface area contributed by atoms with Crippen molar-refractivity contribution < 1.29 is 42.9 Å². The van der Waals surface area contributed by atoms with Crippen LogP contribution in [0.15, 0.2) is 0 Å². The van der Waals surface area contributed by atoms with E-state index in [4.69, 9.17) is 18.9 Å². The molecule has 0 saturated heterocycles. The van der Waals surface area contributed by atoms with Crippen molar-refractivity contribution >= 4 is 17.9 Å². The highest BCUT2D eigenvalue weighted by atomic mass is 16.7. The third-order valence-electron chi connectivity index (χ3n) is 13.6. The van der Waals surface area contributed by atoms with Gasteiger partial charge in [-0.2, -0.15) is 0 Å². The molecule has 9 heteroatoms. The van der Waals surface area contributed by atoms with E-state index in [2.05, 4.69) is 13.8 Å². The Bertz CT molecular complexity index is 1080. The summed E-state index contributed by atoms with van der Waals surface area (Å²) >= 11 is 0. The average Bonchev–Trinajstić information content (AvgIpc) is 3.30. The van der Waals surface area contributed by atoms with Crippen LogP contribution in [0.1, 0.15) is 303 Å². The lowest BCUT2D eigenvalue weighted by Gasteiger charge is -2.25. The van der Waals surface area contributed by atoms with Gasteiger partial charge in [-0.15, -0.1) is 0 Å². The molecule has 0 bridgehead atoms. The molecule has 0 heterocycles. The zero-order valence-corrected chi connectivity index (χ0v) is 46.1. The molecule has 0 aromatic heterocycles. The molecular weight excluding hydrogens is 851 g/mol. The highest BCUT2D eigenvalue weighted by Crippen LogP contribution is 2.18. The molecule has 68 heavy (non-hydrogen) atoms. The van der Waals surface area contributed by atoms with E-state index in [9.17, 15) is 19.5 Å². The highest BCUT2D eigenvalue weighted by molar-refractivity contribution is 5.71. The Morgan fingerprint density at radius 1 is 0.382 bits per heavy atom. The first kappa shape index (κ1) is 66.3. The van der Waals surface area contributed by atoms with Crippen molar-refractivity contribution in [2.45, 2.75) is 315 Å². The van der Waals surface area contributed by atoms with Gasteiger partial charge in [0.1, 0.15) is 13.2 Å². The van der Waals surface area contributed by atoms with Gasteiger partial charge >= 0.3 is 17.9 Å². The number of unbranched alkanes of at least 4 members (excludes halogenated alkanes) is 41. The normalized spacial score (nSPS) is 12.7. The van der Waals surface area contributed by atoms with Crippen LogP contribution in [0.5, 0.6) is 0 Å². The molecule has 0 rings (SSSR count). The second-order valence-corrected chi connectivity index (χ2v) is 21.7. The van der Waals surface area contributed by atoms with Gasteiger partial charge in [-0.1, -0.05) is 277 Å². The van der Waals surface area contributed by atoms with Crippen LogP contribution in [0.25, 0.3) is 0 Å². The van der Waals surface area contributed by atoms with Crippen LogP contribution in [0.4, 0.5) is 0 Å². The molecule has 0 saturated carbocycles. The molecule has 1 N–H and O–H groups in total. The monoisotopic (exact) mass is 967 g/mol. The van der Waals surface area contributed by atoms with Gasteiger partial charge in [0.25, 0.3) is 6.29 Å². The fourth-order valence-corrected chi connectivity index (χ4v) is 9.02. The van der Waals surface area contributed by atoms with Gasteiger partial charge in [0.05, 0.1) is 34.4 Å². The van der Waals surface area contributed by atoms with E-state index >= 15 is 0 Å². The third-order valence-corrected chi connectivity index (χ3v) is 13.6. The third kappa shape index (κ3) is 52.1. The van der Waals surface area contributed by atoms with Gasteiger partial charge in [-0.05, 0) is 12.8 Å². The molecule has 0 aromatic rings. The van der Waals surface area contributed by atoms with E-state index in [-0.39, 0.29) is 38.2 Å². The number of esters is 2. The van der Waals surface area contributed by atoms with Gasteiger partial charge in [-0.25, -0.2) is 4.79 Å². The van der Waals surface area contributed by atoms with Crippen LogP contribution < -0.4 is 0 Å². The highest BCUT2D eigenvalue weighted by Gasteiger charge is 2.25. The summed E-state index contributed by atoms with van der Waals surface area (Å²) in [6.07, 6.45) is 55.6. The van der Waals surface area contributed by atoms with Gasteiger partial charge in [-0.3, -0.25) is 9.59 Å². The molecule has 404 valence electrons. The lowest BCUT2D eigenvalue weighted by atomic mass is 10.0. The first-order chi connectivity index (χ1) is 33.1. The number of carbonyl (C=O) groups excluding carboxylic acids is 2. The molecule has 0 amide bonds. The number of hydrogen-bond donors (Lipinski definition) is 1. The number of carbonyl (C=O) groups is 3. The molecule has 0 aliphatic rings. The zero-order chi connectivity index (χ0) is 49.9. The second kappa shape index (κ2) is 51.6. The van der Waals surface area contributed by atoms with E-state index < -0.39 is 18.4 Å². The number of hydrogen-bond acceptors (Lipinski definition) is 7. The average molecular weight is 968 g/mol. The predicted octanol–water partition coefficient (Wildman–Crippen LogP) is 17.2. The molecule has 9 nitrogen and oxygen atoms in total. The molecule has 0 aliphatic carbocycles. The standard InChI is InChI=1S/C59H115NO8/c1-6-8-10-12-14-15-16-17-18-19-20-21-22-23-24-25-26-27-28-29-30-31-32-33-34-35-36-37-38-39-40-41-42-43-44-46-48-50-57(62)68-55(53-66-56(61)49-47-45-13-11-9-7-2)54-67-59(58(63)64)65-52-51-60(3,4)5/h55,59H,6-54H2,1-5H3/p+1. The maximum atomic E-state index is 12.8. The molecule has 2 unspecified atom stereocenters. The van der Waals surface area contributed by atoms with Crippen LogP contribution in [-0.4, -0.2) is 87.4 Å². The first-order valence-corrected chi connectivity index (χ1v) is 29.7. The van der Waals surface area contributed by atoms with Crippen molar-refractivity contribution in [1.82, 2.24) is 0 Å². The van der Waals surface area contributed by atoms with Crippen molar-refractivity contribution in [3.05, 3.63) is 0 Å². The zero-order valence-electron chi connectivity index (χ0n) is 46.1. The minimum Gasteiger partial charge on any atom is -0.477 e. The van der Waals surface area contributed by atoms with E-state index in [0.717, 1.165) is 38.5 Å². The minimum atomic E-state index is -1.50. The summed E-state index contributed by atoms with van der Waals surface area (Å²) in [5, 5.41) is 9.63. The Kier molecular flexibility index (Phi) is 50.3. The van der Waals surface area contributed by atoms with E-state index in [0.29, 0.717) is 17.4 Å². The van der Waals surface area contributed by atoms with Crippen molar-refractivity contribution in [2.75, 3.05) is 47.5 Å². The van der Waals surface area contributed by atoms with Crippen molar-refractivity contribution in [2.24, 2.45) is 0 Å². The van der Waals surface area contributed by atoms with Crippen LogP contribution in [-0.2, 0) is 33.3 Å². The van der Waals surface area contributed by atoms with Gasteiger partial charge < -0.3 is 28.5 Å². The van der Waals surface area contributed by atoms with E-state index in [1.807, 2.05) is 21.1 Å². The minimum absolute atomic E-state index is 0.175. The SMILES string of the molecule is CCCCCCCCCCCCCCCCCCCCCCCCCCCCCCCCCCCCCCCC(=O)OC(COC(=O)CCCCCCCC)COC(OCC[N+](C)(C)C)C(=O)O. The summed E-state index contributed by atoms with van der Waals surface area (Å²) in [6.45, 7) is 4.85. The topological polar surface area (TPSA) is 108 Å². The number of nitrogens with zero attached hydrogens (tertiary/aromatic N) is 1. The quantitative estimate of drug-likeness (QED) is 0.0278. The number of aliphatic carboxylic acids is 1. The Hall–Kier alpha value is -1.71. The summed E-state index contributed by atoms with van der Waals surface area (Å²) in [7, 11) is 5.96. The molecule has 0 radical (unpaired) electrons.